The second-order valence-electron chi connectivity index (χ2n) is 10.3. The van der Waals surface area contributed by atoms with E-state index in [1.54, 1.807) is 6.08 Å². The SMILES string of the molecule is O=C(O)C1=CC2C=CC(C3=CC(C45CC6CC(C4)C(C6)C5)=CCC3O)=CC2C(O)=C1. The molecular weight excluding hydrogens is 376 g/mol. The number of hydrogen-bond acceptors (Lipinski definition) is 3. The normalized spacial score (nSPS) is 43.4. The van der Waals surface area contributed by atoms with E-state index in [9.17, 15) is 20.1 Å². The van der Waals surface area contributed by atoms with Crippen LogP contribution in [0.1, 0.15) is 38.5 Å². The van der Waals surface area contributed by atoms with Gasteiger partial charge in [-0.2, -0.15) is 0 Å². The van der Waals surface area contributed by atoms with Crippen molar-refractivity contribution in [3.05, 3.63) is 70.6 Å². The minimum absolute atomic E-state index is 0.0769. The molecule has 0 amide bonds. The van der Waals surface area contributed by atoms with Gasteiger partial charge in [-0.05, 0) is 84.5 Å². The van der Waals surface area contributed by atoms with Crippen LogP contribution in [0.3, 0.4) is 0 Å². The van der Waals surface area contributed by atoms with Gasteiger partial charge in [0.15, 0.2) is 0 Å². The molecule has 5 unspecified atom stereocenters. The minimum Gasteiger partial charge on any atom is -0.512 e. The van der Waals surface area contributed by atoms with E-state index in [0.29, 0.717) is 11.8 Å². The first-order valence-corrected chi connectivity index (χ1v) is 11.3. The summed E-state index contributed by atoms with van der Waals surface area (Å²) in [6, 6.07) is 0. The molecule has 0 aromatic carbocycles. The van der Waals surface area contributed by atoms with Gasteiger partial charge in [-0.1, -0.05) is 36.5 Å². The lowest BCUT2D eigenvalue weighted by molar-refractivity contribution is -0.132. The molecule has 3 N–H and O–H groups in total. The zero-order valence-electron chi connectivity index (χ0n) is 17.0. The van der Waals surface area contributed by atoms with E-state index in [1.807, 2.05) is 18.2 Å². The van der Waals surface area contributed by atoms with Gasteiger partial charge in [0.1, 0.15) is 5.76 Å². The average molecular weight is 405 g/mol. The number of aliphatic carboxylic acids is 1. The predicted molar refractivity (Wildman–Crippen MR) is 113 cm³/mol. The Hall–Kier alpha value is -2.33. The number of carboxylic acid groups (broad SMARTS) is 1. The van der Waals surface area contributed by atoms with Gasteiger partial charge in [-0.15, -0.1) is 0 Å². The molecule has 30 heavy (non-hydrogen) atoms. The Labute approximate surface area is 176 Å². The smallest absolute Gasteiger partial charge is 0.335 e. The Bertz CT molecular complexity index is 985. The fourth-order valence-electron chi connectivity index (χ4n) is 7.47. The number of aliphatic hydroxyl groups excluding tert-OH is 2. The standard InChI is InChI=1S/C26H28O4/c27-23-4-3-20(26-11-14-5-18(12-26)19(6-14)13-26)10-22(23)16-2-1-15-7-17(25(29)30)9-24(28)21(15)8-16/h1-3,7-10,14-15,18-19,21,23,27-28H,4-6,11-13H2,(H,29,30). The van der Waals surface area contributed by atoms with E-state index >= 15 is 0 Å². The highest BCUT2D eigenvalue weighted by Gasteiger charge is 2.56. The fraction of sp³-hybridized carbons (Fsp3) is 0.500. The van der Waals surface area contributed by atoms with Gasteiger partial charge in [0.05, 0.1) is 11.7 Å². The van der Waals surface area contributed by atoms with Crippen LogP contribution in [0, 0.1) is 35.0 Å². The van der Waals surface area contributed by atoms with Gasteiger partial charge in [0.2, 0.25) is 0 Å². The number of hydrogen-bond donors (Lipinski definition) is 3. The molecule has 4 heteroatoms. The van der Waals surface area contributed by atoms with Gasteiger partial charge in [0, 0.05) is 11.8 Å². The number of fused-ring (bicyclic) bond motifs is 1. The van der Waals surface area contributed by atoms with Crippen molar-refractivity contribution in [3.8, 4) is 0 Å². The van der Waals surface area contributed by atoms with Crippen molar-refractivity contribution >= 4 is 5.97 Å². The maximum absolute atomic E-state index is 11.3. The van der Waals surface area contributed by atoms with Crippen LogP contribution < -0.4 is 0 Å². The molecule has 0 saturated heterocycles. The molecule has 0 spiro atoms. The van der Waals surface area contributed by atoms with Crippen LogP contribution in [-0.4, -0.2) is 27.4 Å². The first kappa shape index (κ1) is 18.4. The van der Waals surface area contributed by atoms with E-state index in [4.69, 9.17) is 0 Å². The summed E-state index contributed by atoms with van der Waals surface area (Å²) in [4.78, 5) is 11.3. The second-order valence-corrected chi connectivity index (χ2v) is 10.3. The van der Waals surface area contributed by atoms with Gasteiger partial charge in [-0.25, -0.2) is 4.79 Å². The number of rotatable bonds is 3. The van der Waals surface area contributed by atoms with Gasteiger partial charge in [-0.3, -0.25) is 0 Å². The maximum Gasteiger partial charge on any atom is 0.335 e. The summed E-state index contributed by atoms with van der Waals surface area (Å²) in [6.45, 7) is 0. The van der Waals surface area contributed by atoms with Crippen molar-refractivity contribution in [1.82, 2.24) is 0 Å². The first-order valence-electron chi connectivity index (χ1n) is 11.3. The highest BCUT2D eigenvalue weighted by atomic mass is 16.4. The lowest BCUT2D eigenvalue weighted by atomic mass is 9.63. The molecule has 4 nitrogen and oxygen atoms in total. The third kappa shape index (κ3) is 2.66. The molecule has 0 aromatic heterocycles. The molecule has 4 saturated carbocycles. The lowest BCUT2D eigenvalue weighted by Crippen LogP contribution is -2.31. The Balaban J connectivity index is 1.31. The zero-order chi connectivity index (χ0) is 20.6. The van der Waals surface area contributed by atoms with E-state index < -0.39 is 12.1 Å². The molecule has 7 rings (SSSR count). The van der Waals surface area contributed by atoms with Crippen LogP contribution >= 0.6 is 0 Å². The third-order valence-electron chi connectivity index (χ3n) is 8.64. The molecule has 0 radical (unpaired) electrons. The van der Waals surface area contributed by atoms with Crippen molar-refractivity contribution in [1.29, 1.82) is 0 Å². The molecule has 7 aliphatic carbocycles. The van der Waals surface area contributed by atoms with Crippen molar-refractivity contribution in [2.24, 2.45) is 35.0 Å². The van der Waals surface area contributed by atoms with E-state index in [2.05, 4.69) is 12.2 Å². The Morgan fingerprint density at radius 3 is 2.53 bits per heavy atom. The van der Waals surface area contributed by atoms with Crippen molar-refractivity contribution < 1.29 is 20.1 Å². The molecule has 0 aromatic rings. The van der Waals surface area contributed by atoms with Crippen molar-refractivity contribution in [2.75, 3.05) is 0 Å². The van der Waals surface area contributed by atoms with E-state index in [0.717, 1.165) is 28.9 Å². The molecule has 7 aliphatic rings. The topological polar surface area (TPSA) is 77.8 Å². The Morgan fingerprint density at radius 1 is 1.07 bits per heavy atom. The summed E-state index contributed by atoms with van der Waals surface area (Å²) in [5.74, 6) is 1.31. The fourth-order valence-corrected chi connectivity index (χ4v) is 7.47. The highest BCUT2D eigenvalue weighted by molar-refractivity contribution is 5.90. The monoisotopic (exact) mass is 404 g/mol. The van der Waals surface area contributed by atoms with Crippen molar-refractivity contribution in [3.63, 3.8) is 0 Å². The second kappa shape index (κ2) is 6.34. The Morgan fingerprint density at radius 2 is 1.83 bits per heavy atom. The molecule has 156 valence electrons. The van der Waals surface area contributed by atoms with Crippen LogP contribution in [0.4, 0.5) is 0 Å². The summed E-state index contributed by atoms with van der Waals surface area (Å²) >= 11 is 0. The Kier molecular flexibility index (Phi) is 3.89. The van der Waals surface area contributed by atoms with Crippen molar-refractivity contribution in [2.45, 2.75) is 44.6 Å². The summed E-state index contributed by atoms with van der Waals surface area (Å²) in [6.07, 6.45) is 20.4. The van der Waals surface area contributed by atoms with E-state index in [-0.39, 0.29) is 23.2 Å². The van der Waals surface area contributed by atoms with Crippen LogP contribution in [0.15, 0.2) is 70.6 Å². The average Bonchev–Trinajstić information content (AvgIpc) is 3.14. The van der Waals surface area contributed by atoms with Crippen LogP contribution in [0.5, 0.6) is 0 Å². The van der Waals surface area contributed by atoms with Crippen LogP contribution in [0.25, 0.3) is 0 Å². The largest absolute Gasteiger partial charge is 0.512 e. The molecular formula is C26H28O4. The maximum atomic E-state index is 11.3. The summed E-state index contributed by atoms with van der Waals surface area (Å²) in [5, 5.41) is 30.5. The quantitative estimate of drug-likeness (QED) is 0.641. The number of carboxylic acids is 1. The summed E-state index contributed by atoms with van der Waals surface area (Å²) in [7, 11) is 0. The molecule has 4 bridgehead atoms. The molecule has 4 fully saturated rings. The minimum atomic E-state index is -1.02. The zero-order valence-corrected chi connectivity index (χ0v) is 17.0. The number of carbonyl (C=O) groups is 1. The third-order valence-corrected chi connectivity index (χ3v) is 8.64. The van der Waals surface area contributed by atoms with Gasteiger partial charge >= 0.3 is 5.97 Å². The highest BCUT2D eigenvalue weighted by Crippen LogP contribution is 2.67. The molecule has 0 heterocycles. The van der Waals surface area contributed by atoms with Crippen LogP contribution in [0.2, 0.25) is 0 Å². The number of aliphatic hydroxyl groups is 2. The summed E-state index contributed by atoms with van der Waals surface area (Å²) in [5.41, 5.74) is 3.76. The molecule has 5 atom stereocenters. The van der Waals surface area contributed by atoms with Gasteiger partial charge < -0.3 is 15.3 Å². The van der Waals surface area contributed by atoms with E-state index in [1.165, 1.54) is 43.8 Å². The first-order chi connectivity index (χ1) is 14.4. The van der Waals surface area contributed by atoms with Crippen LogP contribution in [-0.2, 0) is 4.79 Å². The summed E-state index contributed by atoms with van der Waals surface area (Å²) < 4.78 is 0. The van der Waals surface area contributed by atoms with Gasteiger partial charge in [0.25, 0.3) is 0 Å². The number of allylic oxidation sites excluding steroid dienone is 6. The predicted octanol–water partition coefficient (Wildman–Crippen LogP) is 4.63. The molecule has 0 aliphatic heterocycles. The lowest BCUT2D eigenvalue weighted by Gasteiger charge is -2.41.